The molecule has 2 heterocycles. The van der Waals surface area contributed by atoms with E-state index in [0.29, 0.717) is 16.6 Å². The number of hydrogen-bond donors (Lipinski definition) is 2. The fourth-order valence-corrected chi connectivity index (χ4v) is 2.26. The number of nitrogens with two attached hydrogens (primary N) is 1. The van der Waals surface area contributed by atoms with Gasteiger partial charge in [0.15, 0.2) is 0 Å². The second-order valence-corrected chi connectivity index (χ2v) is 4.94. The summed E-state index contributed by atoms with van der Waals surface area (Å²) >= 11 is 4.86. The maximum atomic E-state index is 9.56. The molecule has 0 saturated carbocycles. The lowest BCUT2D eigenvalue weighted by Gasteiger charge is -2.19. The van der Waals surface area contributed by atoms with Crippen molar-refractivity contribution in [2.45, 2.75) is 19.4 Å². The zero-order chi connectivity index (χ0) is 12.4. The highest BCUT2D eigenvalue weighted by molar-refractivity contribution is 7.80. The van der Waals surface area contributed by atoms with Crippen LogP contribution >= 0.6 is 12.2 Å². The molecular weight excluding hydrogens is 234 g/mol. The Kier molecular flexibility index (Phi) is 3.59. The summed E-state index contributed by atoms with van der Waals surface area (Å²) in [6.45, 7) is 3.69. The third kappa shape index (κ3) is 2.73. The van der Waals surface area contributed by atoms with Crippen LogP contribution in [0.4, 0.5) is 5.69 Å². The molecule has 1 aliphatic heterocycles. The summed E-state index contributed by atoms with van der Waals surface area (Å²) in [4.78, 5) is 6.77. The molecule has 17 heavy (non-hydrogen) atoms. The largest absolute Gasteiger partial charge is 0.393 e. The molecule has 1 fully saturated rings. The van der Waals surface area contributed by atoms with Crippen molar-refractivity contribution in [3.8, 4) is 0 Å². The van der Waals surface area contributed by atoms with Crippen molar-refractivity contribution < 1.29 is 5.11 Å². The van der Waals surface area contributed by atoms with Gasteiger partial charge in [-0.25, -0.2) is 0 Å². The summed E-state index contributed by atoms with van der Waals surface area (Å²) in [7, 11) is 0. The summed E-state index contributed by atoms with van der Waals surface area (Å²) in [6, 6.07) is 3.82. The van der Waals surface area contributed by atoms with Gasteiger partial charge in [0.2, 0.25) is 0 Å². The van der Waals surface area contributed by atoms with E-state index in [-0.39, 0.29) is 6.10 Å². The summed E-state index contributed by atoms with van der Waals surface area (Å²) in [5.74, 6) is 0.352. The third-order valence-corrected chi connectivity index (χ3v) is 3.48. The van der Waals surface area contributed by atoms with Crippen molar-refractivity contribution in [1.29, 1.82) is 0 Å². The Bertz CT molecular complexity index is 405. The van der Waals surface area contributed by atoms with Gasteiger partial charge < -0.3 is 15.7 Å². The molecule has 1 aromatic rings. The molecule has 2 atom stereocenters. The molecule has 4 nitrogen and oxygen atoms in total. The Morgan fingerprint density at radius 3 is 2.88 bits per heavy atom. The quantitative estimate of drug-likeness (QED) is 0.782. The molecule has 2 rings (SSSR count). The van der Waals surface area contributed by atoms with Crippen molar-refractivity contribution in [3.63, 3.8) is 0 Å². The van der Waals surface area contributed by atoms with Gasteiger partial charge in [0.05, 0.1) is 23.7 Å². The fraction of sp³-hybridized carbons (Fsp3) is 0.500. The Balaban J connectivity index is 2.06. The standard InChI is InChI=1S/C12H17N3OS/c1-8(16)9-4-5-15(7-9)10-2-3-11(12(13)17)14-6-10/h2-3,6,8-9,16H,4-5,7H2,1H3,(H2,13,17). The Labute approximate surface area is 106 Å². The van der Waals surface area contributed by atoms with Crippen molar-refractivity contribution in [3.05, 3.63) is 24.0 Å². The van der Waals surface area contributed by atoms with E-state index in [2.05, 4.69) is 9.88 Å². The van der Waals surface area contributed by atoms with Crippen LogP contribution in [0.5, 0.6) is 0 Å². The molecule has 0 aliphatic carbocycles. The summed E-state index contributed by atoms with van der Waals surface area (Å²) < 4.78 is 0. The van der Waals surface area contributed by atoms with Crippen molar-refractivity contribution in [1.82, 2.24) is 4.98 Å². The average molecular weight is 251 g/mol. The van der Waals surface area contributed by atoms with Gasteiger partial charge in [-0.3, -0.25) is 4.98 Å². The van der Waals surface area contributed by atoms with E-state index in [1.54, 1.807) is 6.20 Å². The fourth-order valence-electron chi connectivity index (χ4n) is 2.13. The molecule has 1 saturated heterocycles. The van der Waals surface area contributed by atoms with E-state index in [1.807, 2.05) is 19.1 Å². The molecule has 92 valence electrons. The Hall–Kier alpha value is -1.20. The van der Waals surface area contributed by atoms with Crippen LogP contribution in [-0.4, -0.2) is 34.3 Å². The normalized spacial score (nSPS) is 21.5. The minimum atomic E-state index is -0.246. The third-order valence-electron chi connectivity index (χ3n) is 3.27. The van der Waals surface area contributed by atoms with Gasteiger partial charge in [-0.15, -0.1) is 0 Å². The van der Waals surface area contributed by atoms with Crippen molar-refractivity contribution in [2.75, 3.05) is 18.0 Å². The highest BCUT2D eigenvalue weighted by atomic mass is 32.1. The highest BCUT2D eigenvalue weighted by Gasteiger charge is 2.26. The van der Waals surface area contributed by atoms with Gasteiger partial charge in [-0.1, -0.05) is 12.2 Å². The van der Waals surface area contributed by atoms with Gasteiger partial charge in [-0.05, 0) is 25.5 Å². The van der Waals surface area contributed by atoms with Crippen LogP contribution in [0.2, 0.25) is 0 Å². The lowest BCUT2D eigenvalue weighted by atomic mass is 10.0. The first-order valence-corrected chi connectivity index (χ1v) is 6.17. The number of aliphatic hydroxyl groups excluding tert-OH is 1. The van der Waals surface area contributed by atoms with E-state index >= 15 is 0 Å². The molecule has 1 aliphatic rings. The smallest absolute Gasteiger partial charge is 0.122 e. The molecule has 0 spiro atoms. The molecule has 0 bridgehead atoms. The Morgan fingerprint density at radius 2 is 2.41 bits per heavy atom. The molecular formula is C12H17N3OS. The molecule has 0 amide bonds. The lowest BCUT2D eigenvalue weighted by molar-refractivity contribution is 0.136. The number of nitrogens with zero attached hydrogens (tertiary/aromatic N) is 2. The van der Waals surface area contributed by atoms with E-state index in [1.165, 1.54) is 0 Å². The zero-order valence-corrected chi connectivity index (χ0v) is 10.7. The predicted molar refractivity (Wildman–Crippen MR) is 72.1 cm³/mol. The van der Waals surface area contributed by atoms with Crippen LogP contribution in [0, 0.1) is 5.92 Å². The summed E-state index contributed by atoms with van der Waals surface area (Å²) in [6.07, 6.45) is 2.57. The van der Waals surface area contributed by atoms with E-state index in [4.69, 9.17) is 18.0 Å². The highest BCUT2D eigenvalue weighted by Crippen LogP contribution is 2.25. The molecule has 0 aromatic carbocycles. The number of anilines is 1. The summed E-state index contributed by atoms with van der Waals surface area (Å²) in [5, 5.41) is 9.56. The average Bonchev–Trinajstić information content (AvgIpc) is 2.78. The van der Waals surface area contributed by atoms with Gasteiger partial charge >= 0.3 is 0 Å². The van der Waals surface area contributed by atoms with Gasteiger partial charge in [0.25, 0.3) is 0 Å². The summed E-state index contributed by atoms with van der Waals surface area (Å²) in [5.41, 5.74) is 7.21. The zero-order valence-electron chi connectivity index (χ0n) is 9.84. The van der Waals surface area contributed by atoms with Gasteiger partial charge in [0.1, 0.15) is 4.99 Å². The first kappa shape index (κ1) is 12.3. The van der Waals surface area contributed by atoms with Crippen LogP contribution in [-0.2, 0) is 0 Å². The first-order chi connectivity index (χ1) is 8.08. The number of thiocarbonyl (C=S) groups is 1. The molecule has 1 aromatic heterocycles. The van der Waals surface area contributed by atoms with Crippen LogP contribution in [0.25, 0.3) is 0 Å². The first-order valence-electron chi connectivity index (χ1n) is 5.77. The minimum Gasteiger partial charge on any atom is -0.393 e. The van der Waals surface area contributed by atoms with Gasteiger partial charge in [-0.2, -0.15) is 0 Å². The maximum Gasteiger partial charge on any atom is 0.122 e. The number of pyridine rings is 1. The topological polar surface area (TPSA) is 62.4 Å². The number of hydrogen-bond acceptors (Lipinski definition) is 4. The predicted octanol–water partition coefficient (Wildman–Crippen LogP) is 0.923. The van der Waals surface area contributed by atoms with Crippen LogP contribution < -0.4 is 10.6 Å². The number of aromatic nitrogens is 1. The van der Waals surface area contributed by atoms with Crippen LogP contribution in [0.1, 0.15) is 19.0 Å². The molecule has 2 unspecified atom stereocenters. The Morgan fingerprint density at radius 1 is 1.65 bits per heavy atom. The van der Waals surface area contributed by atoms with Crippen molar-refractivity contribution >= 4 is 22.9 Å². The second-order valence-electron chi connectivity index (χ2n) is 4.50. The lowest BCUT2D eigenvalue weighted by Crippen LogP contribution is -2.24. The molecule has 3 N–H and O–H groups in total. The van der Waals surface area contributed by atoms with Crippen LogP contribution in [0.3, 0.4) is 0 Å². The maximum absolute atomic E-state index is 9.56. The monoisotopic (exact) mass is 251 g/mol. The van der Waals surface area contributed by atoms with E-state index in [9.17, 15) is 5.11 Å². The SMILES string of the molecule is CC(O)C1CCN(c2ccc(C(N)=S)nc2)C1. The van der Waals surface area contributed by atoms with Gasteiger partial charge in [0, 0.05) is 19.0 Å². The number of rotatable bonds is 3. The molecule has 0 radical (unpaired) electrons. The molecule has 5 heteroatoms. The van der Waals surface area contributed by atoms with E-state index in [0.717, 1.165) is 25.2 Å². The number of aliphatic hydroxyl groups is 1. The van der Waals surface area contributed by atoms with E-state index < -0.39 is 0 Å². The van der Waals surface area contributed by atoms with Crippen LogP contribution in [0.15, 0.2) is 18.3 Å². The van der Waals surface area contributed by atoms with Crippen molar-refractivity contribution in [2.24, 2.45) is 11.7 Å². The second kappa shape index (κ2) is 4.98. The minimum absolute atomic E-state index is 0.246.